The van der Waals surface area contributed by atoms with Crippen LogP contribution in [-0.2, 0) is 5.75 Å². The first-order chi connectivity index (χ1) is 9.76. The van der Waals surface area contributed by atoms with E-state index >= 15 is 0 Å². The Morgan fingerprint density at radius 2 is 2.10 bits per heavy atom. The molecule has 0 radical (unpaired) electrons. The molecule has 98 valence electrons. The average molecular weight is 279 g/mol. The molecule has 0 amide bonds. The van der Waals surface area contributed by atoms with Gasteiger partial charge in [0.15, 0.2) is 5.16 Å². The molecule has 3 nitrogen and oxygen atoms in total. The van der Waals surface area contributed by atoms with Crippen LogP contribution < -0.4 is 0 Å². The standard InChI is InChI=1S/C16H13N3S/c1-11-8-12(9-17)6-7-13(11)10-20-16-18-14-4-2-3-5-15(14)19-16/h2-8H,10H2,1H3,(H,18,19). The van der Waals surface area contributed by atoms with Gasteiger partial charge in [0, 0.05) is 5.75 Å². The molecule has 0 aliphatic heterocycles. The molecular formula is C16H13N3S. The molecule has 0 unspecified atom stereocenters. The van der Waals surface area contributed by atoms with Crippen LogP contribution in [0.3, 0.4) is 0 Å². The first-order valence-electron chi connectivity index (χ1n) is 6.33. The van der Waals surface area contributed by atoms with Crippen molar-refractivity contribution in [3.05, 3.63) is 59.2 Å². The Morgan fingerprint density at radius 1 is 1.25 bits per heavy atom. The van der Waals surface area contributed by atoms with Crippen LogP contribution in [0.25, 0.3) is 11.0 Å². The zero-order chi connectivity index (χ0) is 13.9. The van der Waals surface area contributed by atoms with Gasteiger partial charge in [0.1, 0.15) is 0 Å². The molecule has 0 atom stereocenters. The lowest BCUT2D eigenvalue weighted by molar-refractivity contribution is 1.08. The summed E-state index contributed by atoms with van der Waals surface area (Å²) in [5.41, 5.74) is 5.14. The number of para-hydroxylation sites is 2. The van der Waals surface area contributed by atoms with Crippen molar-refractivity contribution in [3.63, 3.8) is 0 Å². The number of imidazole rings is 1. The molecule has 1 heterocycles. The van der Waals surface area contributed by atoms with Gasteiger partial charge in [-0.25, -0.2) is 4.98 Å². The molecule has 0 aliphatic rings. The van der Waals surface area contributed by atoms with Crippen molar-refractivity contribution in [2.75, 3.05) is 0 Å². The van der Waals surface area contributed by atoms with E-state index in [1.54, 1.807) is 11.8 Å². The Bertz CT molecular complexity index is 766. The summed E-state index contributed by atoms with van der Waals surface area (Å²) in [6, 6.07) is 16.0. The third-order valence-electron chi connectivity index (χ3n) is 3.20. The summed E-state index contributed by atoms with van der Waals surface area (Å²) >= 11 is 1.68. The van der Waals surface area contributed by atoms with Crippen LogP contribution in [0, 0.1) is 18.3 Å². The summed E-state index contributed by atoms with van der Waals surface area (Å²) in [5, 5.41) is 9.80. The van der Waals surface area contributed by atoms with E-state index in [1.165, 1.54) is 5.56 Å². The second kappa shape index (κ2) is 5.40. The van der Waals surface area contributed by atoms with E-state index in [4.69, 9.17) is 5.26 Å². The molecule has 4 heteroatoms. The number of rotatable bonds is 3. The van der Waals surface area contributed by atoms with E-state index in [0.717, 1.165) is 27.5 Å². The number of nitrogens with zero attached hydrogens (tertiary/aromatic N) is 2. The highest BCUT2D eigenvalue weighted by atomic mass is 32.2. The van der Waals surface area contributed by atoms with E-state index in [-0.39, 0.29) is 0 Å². The molecule has 0 spiro atoms. The van der Waals surface area contributed by atoms with Crippen molar-refractivity contribution >= 4 is 22.8 Å². The van der Waals surface area contributed by atoms with Gasteiger partial charge in [0.25, 0.3) is 0 Å². The predicted molar refractivity (Wildman–Crippen MR) is 81.5 cm³/mol. The second-order valence-electron chi connectivity index (χ2n) is 4.60. The molecule has 1 N–H and O–H groups in total. The predicted octanol–water partition coefficient (Wildman–Crippen LogP) is 4.04. The normalized spacial score (nSPS) is 10.6. The van der Waals surface area contributed by atoms with Gasteiger partial charge in [-0.2, -0.15) is 5.26 Å². The molecule has 3 aromatic rings. The topological polar surface area (TPSA) is 52.5 Å². The van der Waals surface area contributed by atoms with Gasteiger partial charge in [0.05, 0.1) is 22.7 Å². The third-order valence-corrected chi connectivity index (χ3v) is 4.13. The Balaban J connectivity index is 1.77. The summed E-state index contributed by atoms with van der Waals surface area (Å²) in [4.78, 5) is 7.85. The molecule has 1 aromatic heterocycles. The van der Waals surface area contributed by atoms with Gasteiger partial charge in [-0.1, -0.05) is 30.0 Å². The molecular weight excluding hydrogens is 266 g/mol. The van der Waals surface area contributed by atoms with Gasteiger partial charge in [-0.3, -0.25) is 0 Å². The molecule has 2 aromatic carbocycles. The first kappa shape index (κ1) is 12.8. The van der Waals surface area contributed by atoms with Crippen LogP contribution in [0.1, 0.15) is 16.7 Å². The number of aryl methyl sites for hydroxylation is 1. The smallest absolute Gasteiger partial charge is 0.166 e. The minimum absolute atomic E-state index is 0.708. The maximum absolute atomic E-state index is 8.87. The maximum Gasteiger partial charge on any atom is 0.166 e. The van der Waals surface area contributed by atoms with Crippen molar-refractivity contribution in [1.29, 1.82) is 5.26 Å². The van der Waals surface area contributed by atoms with Crippen LogP contribution in [0.4, 0.5) is 0 Å². The average Bonchev–Trinajstić information content (AvgIpc) is 2.88. The van der Waals surface area contributed by atoms with Crippen molar-refractivity contribution < 1.29 is 0 Å². The quantitative estimate of drug-likeness (QED) is 0.736. The highest BCUT2D eigenvalue weighted by Crippen LogP contribution is 2.24. The Hall–Kier alpha value is -2.25. The number of H-pyrrole nitrogens is 1. The van der Waals surface area contributed by atoms with E-state index in [0.29, 0.717) is 5.56 Å². The SMILES string of the molecule is Cc1cc(C#N)ccc1CSc1nc2ccccc2[nH]1. The van der Waals surface area contributed by atoms with Crippen LogP contribution in [0.5, 0.6) is 0 Å². The maximum atomic E-state index is 8.87. The Kier molecular flexibility index (Phi) is 3.44. The van der Waals surface area contributed by atoms with Crippen LogP contribution in [-0.4, -0.2) is 9.97 Å². The van der Waals surface area contributed by atoms with Crippen LogP contribution in [0.2, 0.25) is 0 Å². The molecule has 0 aliphatic carbocycles. The summed E-state index contributed by atoms with van der Waals surface area (Å²) in [6.45, 7) is 2.04. The van der Waals surface area contributed by atoms with E-state index in [2.05, 4.69) is 16.0 Å². The van der Waals surface area contributed by atoms with Crippen molar-refractivity contribution in [3.8, 4) is 6.07 Å². The van der Waals surface area contributed by atoms with Gasteiger partial charge in [-0.05, 0) is 42.3 Å². The molecule has 20 heavy (non-hydrogen) atoms. The minimum atomic E-state index is 0.708. The highest BCUT2D eigenvalue weighted by molar-refractivity contribution is 7.98. The lowest BCUT2D eigenvalue weighted by Crippen LogP contribution is -1.88. The number of hydrogen-bond donors (Lipinski definition) is 1. The third kappa shape index (κ3) is 2.54. The van der Waals surface area contributed by atoms with E-state index in [1.807, 2.05) is 49.4 Å². The van der Waals surface area contributed by atoms with Crippen molar-refractivity contribution in [1.82, 2.24) is 9.97 Å². The molecule has 0 saturated carbocycles. The Morgan fingerprint density at radius 3 is 2.85 bits per heavy atom. The number of aromatic amines is 1. The summed E-state index contributed by atoms with van der Waals surface area (Å²) in [5.74, 6) is 0.845. The Labute approximate surface area is 121 Å². The number of nitriles is 1. The fraction of sp³-hybridized carbons (Fsp3) is 0.125. The first-order valence-corrected chi connectivity index (χ1v) is 7.32. The van der Waals surface area contributed by atoms with E-state index < -0.39 is 0 Å². The zero-order valence-electron chi connectivity index (χ0n) is 11.1. The molecule has 3 rings (SSSR count). The summed E-state index contributed by atoms with van der Waals surface area (Å²) in [7, 11) is 0. The number of benzene rings is 2. The summed E-state index contributed by atoms with van der Waals surface area (Å²) in [6.07, 6.45) is 0. The number of nitrogens with one attached hydrogen (secondary N) is 1. The number of thioether (sulfide) groups is 1. The molecule has 0 fully saturated rings. The molecule has 0 bridgehead atoms. The second-order valence-corrected chi connectivity index (χ2v) is 5.56. The van der Waals surface area contributed by atoms with Crippen molar-refractivity contribution in [2.45, 2.75) is 17.8 Å². The zero-order valence-corrected chi connectivity index (χ0v) is 11.9. The lowest BCUT2D eigenvalue weighted by atomic mass is 10.1. The molecule has 0 saturated heterocycles. The van der Waals surface area contributed by atoms with Crippen LogP contribution in [0.15, 0.2) is 47.6 Å². The fourth-order valence-corrected chi connectivity index (χ4v) is 3.03. The van der Waals surface area contributed by atoms with Gasteiger partial charge in [-0.15, -0.1) is 0 Å². The van der Waals surface area contributed by atoms with Gasteiger partial charge >= 0.3 is 0 Å². The van der Waals surface area contributed by atoms with Crippen LogP contribution >= 0.6 is 11.8 Å². The highest BCUT2D eigenvalue weighted by Gasteiger charge is 2.05. The van der Waals surface area contributed by atoms with Crippen molar-refractivity contribution in [2.24, 2.45) is 0 Å². The number of fused-ring (bicyclic) bond motifs is 1. The number of aromatic nitrogens is 2. The minimum Gasteiger partial charge on any atom is -0.333 e. The fourth-order valence-electron chi connectivity index (χ4n) is 2.07. The lowest BCUT2D eigenvalue weighted by Gasteiger charge is -2.04. The van der Waals surface area contributed by atoms with Gasteiger partial charge < -0.3 is 4.98 Å². The number of hydrogen-bond acceptors (Lipinski definition) is 3. The van der Waals surface area contributed by atoms with Gasteiger partial charge in [0.2, 0.25) is 0 Å². The van der Waals surface area contributed by atoms with E-state index in [9.17, 15) is 0 Å². The monoisotopic (exact) mass is 279 g/mol. The largest absolute Gasteiger partial charge is 0.333 e. The summed E-state index contributed by atoms with van der Waals surface area (Å²) < 4.78 is 0.